The van der Waals surface area contributed by atoms with Crippen molar-refractivity contribution in [2.45, 2.75) is 62.6 Å². The zero-order chi connectivity index (χ0) is 32.5. The van der Waals surface area contributed by atoms with E-state index in [-0.39, 0.29) is 29.1 Å². The summed E-state index contributed by atoms with van der Waals surface area (Å²) in [5, 5.41) is 3.57. The third kappa shape index (κ3) is 8.08. The van der Waals surface area contributed by atoms with Crippen molar-refractivity contribution in [3.63, 3.8) is 0 Å². The lowest BCUT2D eigenvalue weighted by molar-refractivity contribution is -0.140. The minimum absolute atomic E-state index is 0.0380. The van der Waals surface area contributed by atoms with Gasteiger partial charge in [-0.25, -0.2) is 8.42 Å². The Morgan fingerprint density at radius 3 is 2.07 bits per heavy atom. The molecular weight excluding hydrogens is 622 g/mol. The van der Waals surface area contributed by atoms with Crippen LogP contribution in [0.5, 0.6) is 11.5 Å². The van der Waals surface area contributed by atoms with Crippen LogP contribution in [0.2, 0.25) is 5.02 Å². The average Bonchev–Trinajstić information content (AvgIpc) is 3.58. The summed E-state index contributed by atoms with van der Waals surface area (Å²) in [5.41, 5.74) is 0.934. The first-order valence-electron chi connectivity index (χ1n) is 15.5. The van der Waals surface area contributed by atoms with Crippen LogP contribution in [0.1, 0.15) is 44.6 Å². The Balaban J connectivity index is 1.48. The first-order valence-corrected chi connectivity index (χ1v) is 17.3. The summed E-state index contributed by atoms with van der Waals surface area (Å²) >= 11 is 6.51. The van der Waals surface area contributed by atoms with Crippen LogP contribution in [-0.4, -0.2) is 43.8 Å². The summed E-state index contributed by atoms with van der Waals surface area (Å²) in [5.74, 6) is 0.358. The molecule has 10 heteroatoms. The van der Waals surface area contributed by atoms with Gasteiger partial charge in [0, 0.05) is 17.6 Å². The van der Waals surface area contributed by atoms with Gasteiger partial charge in [0.1, 0.15) is 24.1 Å². The highest BCUT2D eigenvalue weighted by Gasteiger charge is 2.34. The molecule has 1 aliphatic carbocycles. The van der Waals surface area contributed by atoms with Crippen molar-refractivity contribution < 1.29 is 22.7 Å². The first-order chi connectivity index (χ1) is 22.3. The molecule has 0 bridgehead atoms. The summed E-state index contributed by atoms with van der Waals surface area (Å²) in [7, 11) is -4.19. The molecule has 4 aromatic rings. The lowest BCUT2D eigenvalue weighted by Gasteiger charge is -2.34. The summed E-state index contributed by atoms with van der Waals surface area (Å²) in [4.78, 5) is 29.5. The molecule has 4 aromatic carbocycles. The van der Waals surface area contributed by atoms with E-state index in [2.05, 4.69) is 5.32 Å². The van der Waals surface area contributed by atoms with Crippen molar-refractivity contribution in [2.24, 2.45) is 0 Å². The lowest BCUT2D eigenvalue weighted by atomic mass is 10.1. The van der Waals surface area contributed by atoms with E-state index in [0.29, 0.717) is 28.5 Å². The molecule has 1 fully saturated rings. The highest BCUT2D eigenvalue weighted by Crippen LogP contribution is 2.29. The Labute approximate surface area is 276 Å². The molecule has 0 saturated heterocycles. The van der Waals surface area contributed by atoms with Crippen molar-refractivity contribution in [3.8, 4) is 11.5 Å². The molecule has 5 rings (SSSR count). The number of hydrogen-bond donors (Lipinski definition) is 1. The number of benzene rings is 4. The van der Waals surface area contributed by atoms with Crippen LogP contribution in [0.4, 0.5) is 5.69 Å². The van der Waals surface area contributed by atoms with Gasteiger partial charge in [0.25, 0.3) is 10.0 Å². The van der Waals surface area contributed by atoms with Crippen LogP contribution in [-0.2, 0) is 26.2 Å². The van der Waals surface area contributed by atoms with E-state index >= 15 is 0 Å². The molecule has 1 saturated carbocycles. The summed E-state index contributed by atoms with van der Waals surface area (Å²) in [6.07, 6.45) is 4.23. The highest BCUT2D eigenvalue weighted by atomic mass is 35.5. The van der Waals surface area contributed by atoms with E-state index in [1.54, 1.807) is 60.7 Å². The van der Waals surface area contributed by atoms with Gasteiger partial charge in [-0.3, -0.25) is 13.9 Å². The molecule has 1 aliphatic rings. The molecule has 1 unspecified atom stereocenters. The summed E-state index contributed by atoms with van der Waals surface area (Å²) in [6, 6.07) is 30.1. The number of carbonyl (C=O) groups is 2. The molecule has 0 aromatic heterocycles. The van der Waals surface area contributed by atoms with Gasteiger partial charge in [0.05, 0.1) is 10.6 Å². The number of anilines is 1. The number of ether oxygens (including phenoxy) is 1. The molecular formula is C36H38ClN3O5S. The second-order valence-electron chi connectivity index (χ2n) is 11.3. The number of sulfonamides is 1. The molecule has 240 valence electrons. The Morgan fingerprint density at radius 1 is 0.848 bits per heavy atom. The van der Waals surface area contributed by atoms with Gasteiger partial charge >= 0.3 is 0 Å². The quantitative estimate of drug-likeness (QED) is 0.164. The van der Waals surface area contributed by atoms with Crippen molar-refractivity contribution in [2.75, 3.05) is 10.8 Å². The molecule has 0 spiro atoms. The average molecular weight is 660 g/mol. The molecule has 46 heavy (non-hydrogen) atoms. The van der Waals surface area contributed by atoms with Crippen LogP contribution >= 0.6 is 11.6 Å². The van der Waals surface area contributed by atoms with E-state index in [9.17, 15) is 18.0 Å². The van der Waals surface area contributed by atoms with Crippen molar-refractivity contribution in [3.05, 3.63) is 120 Å². The van der Waals surface area contributed by atoms with Gasteiger partial charge in [-0.1, -0.05) is 86.0 Å². The predicted molar refractivity (Wildman–Crippen MR) is 180 cm³/mol. The van der Waals surface area contributed by atoms with Gasteiger partial charge in [0.15, 0.2) is 0 Å². The van der Waals surface area contributed by atoms with Gasteiger partial charge in [0.2, 0.25) is 11.8 Å². The Bertz CT molecular complexity index is 1710. The minimum Gasteiger partial charge on any atom is -0.457 e. The predicted octanol–water partition coefficient (Wildman–Crippen LogP) is 7.19. The van der Waals surface area contributed by atoms with Gasteiger partial charge in [-0.2, -0.15) is 0 Å². The van der Waals surface area contributed by atoms with Crippen LogP contribution in [0.25, 0.3) is 0 Å². The fraction of sp³-hybridized carbons (Fsp3) is 0.278. The zero-order valence-corrected chi connectivity index (χ0v) is 27.3. The molecule has 1 N–H and O–H groups in total. The smallest absolute Gasteiger partial charge is 0.264 e. The van der Waals surface area contributed by atoms with E-state index in [1.807, 2.05) is 43.3 Å². The molecule has 8 nitrogen and oxygen atoms in total. The molecule has 0 aliphatic heterocycles. The van der Waals surface area contributed by atoms with E-state index < -0.39 is 28.5 Å². The third-order valence-electron chi connectivity index (χ3n) is 8.10. The van der Waals surface area contributed by atoms with Crippen LogP contribution < -0.4 is 14.4 Å². The van der Waals surface area contributed by atoms with Crippen molar-refractivity contribution in [1.82, 2.24) is 10.2 Å². The Morgan fingerprint density at radius 2 is 1.43 bits per heavy atom. The van der Waals surface area contributed by atoms with E-state index in [1.165, 1.54) is 17.0 Å². The number of hydrogen-bond acceptors (Lipinski definition) is 5. The van der Waals surface area contributed by atoms with Crippen molar-refractivity contribution in [1.29, 1.82) is 0 Å². The third-order valence-corrected chi connectivity index (χ3v) is 10.3. The first kappa shape index (κ1) is 33.0. The lowest BCUT2D eigenvalue weighted by Crippen LogP contribution is -2.53. The number of rotatable bonds is 13. The largest absolute Gasteiger partial charge is 0.457 e. The van der Waals surface area contributed by atoms with Gasteiger partial charge in [-0.15, -0.1) is 0 Å². The number of para-hydroxylation sites is 1. The standard InChI is InChI=1S/C36H38ClN3O5S/c1-2-34(36(42)38-28-14-10-11-15-28)39(25-27-13-9-12-20-33(27)37)35(41)26-40(46(43,44)32-18-7-4-8-19-32)29-21-23-31(24-22-29)45-30-16-5-3-6-17-30/h3-9,12-13,16-24,28,34H,2,10-11,14-15,25-26H2,1H3,(H,38,42). The number of nitrogens with zero attached hydrogens (tertiary/aromatic N) is 2. The number of amides is 2. The van der Waals surface area contributed by atoms with Crippen LogP contribution in [0, 0.1) is 0 Å². The minimum atomic E-state index is -4.19. The topological polar surface area (TPSA) is 96.0 Å². The molecule has 0 radical (unpaired) electrons. The maximum Gasteiger partial charge on any atom is 0.264 e. The fourth-order valence-electron chi connectivity index (χ4n) is 5.65. The molecule has 1 atom stereocenters. The molecule has 0 heterocycles. The Hall–Kier alpha value is -4.34. The second-order valence-corrected chi connectivity index (χ2v) is 13.5. The summed E-state index contributed by atoms with van der Waals surface area (Å²) < 4.78 is 35.2. The van der Waals surface area contributed by atoms with E-state index in [0.717, 1.165) is 30.0 Å². The van der Waals surface area contributed by atoms with E-state index in [4.69, 9.17) is 16.3 Å². The number of nitrogens with one attached hydrogen (secondary N) is 1. The maximum atomic E-state index is 14.3. The number of carbonyl (C=O) groups excluding carboxylic acids is 2. The monoisotopic (exact) mass is 659 g/mol. The Kier molecular flexibility index (Phi) is 11.0. The van der Waals surface area contributed by atoms with Crippen LogP contribution in [0.15, 0.2) is 114 Å². The number of halogens is 1. The zero-order valence-electron chi connectivity index (χ0n) is 25.7. The summed E-state index contributed by atoms with van der Waals surface area (Å²) in [6.45, 7) is 1.35. The van der Waals surface area contributed by atoms with Gasteiger partial charge in [-0.05, 0) is 79.4 Å². The maximum absolute atomic E-state index is 14.3. The molecule has 2 amide bonds. The normalized spacial score (nSPS) is 14.0. The van der Waals surface area contributed by atoms with Gasteiger partial charge < -0.3 is 15.0 Å². The fourth-order valence-corrected chi connectivity index (χ4v) is 7.28. The van der Waals surface area contributed by atoms with Crippen molar-refractivity contribution >= 4 is 39.1 Å². The second kappa shape index (κ2) is 15.3. The van der Waals surface area contributed by atoms with Crippen LogP contribution in [0.3, 0.4) is 0 Å². The SMILES string of the molecule is CCC(C(=O)NC1CCCC1)N(Cc1ccccc1Cl)C(=O)CN(c1ccc(Oc2ccccc2)cc1)S(=O)(=O)c1ccccc1. The highest BCUT2D eigenvalue weighted by molar-refractivity contribution is 7.92.